The number of hydrogen-bond acceptors (Lipinski definition) is 4. The van der Waals surface area contributed by atoms with Crippen LogP contribution in [0.2, 0.25) is 0 Å². The monoisotopic (exact) mass is 316 g/mol. The van der Waals surface area contributed by atoms with Crippen molar-refractivity contribution in [2.75, 3.05) is 11.6 Å². The minimum absolute atomic E-state index is 0.0199. The molecule has 1 amide bonds. The summed E-state index contributed by atoms with van der Waals surface area (Å²) >= 11 is 0. The Morgan fingerprint density at radius 3 is 2.43 bits per heavy atom. The molecular weight excluding hydrogens is 295 g/mol. The van der Waals surface area contributed by atoms with Gasteiger partial charge in [-0.2, -0.15) is 0 Å². The van der Waals surface area contributed by atoms with E-state index in [1.807, 2.05) is 20.8 Å². The van der Waals surface area contributed by atoms with Crippen molar-refractivity contribution in [1.29, 1.82) is 0 Å². The Morgan fingerprint density at radius 1 is 1.38 bits per heavy atom. The molecule has 0 fully saturated rings. The normalized spacial score (nSPS) is 13.8. The number of sulfone groups is 1. The molecule has 1 rings (SSSR count). The maximum Gasteiger partial charge on any atom is 0.226 e. The first kappa shape index (κ1) is 17.6. The molecule has 1 aromatic carbocycles. The number of amides is 1. The van der Waals surface area contributed by atoms with Crippen LogP contribution in [0.5, 0.6) is 0 Å². The van der Waals surface area contributed by atoms with Crippen molar-refractivity contribution < 1.29 is 17.6 Å². The molecule has 0 radical (unpaired) electrons. The van der Waals surface area contributed by atoms with Crippen LogP contribution in [0.15, 0.2) is 23.1 Å². The van der Waals surface area contributed by atoms with Crippen LogP contribution < -0.4 is 11.1 Å². The van der Waals surface area contributed by atoms with E-state index in [0.717, 1.165) is 24.5 Å². The van der Waals surface area contributed by atoms with Crippen LogP contribution in [-0.2, 0) is 14.6 Å². The zero-order chi connectivity index (χ0) is 16.4. The van der Waals surface area contributed by atoms with Gasteiger partial charge in [-0.25, -0.2) is 12.8 Å². The van der Waals surface area contributed by atoms with E-state index in [-0.39, 0.29) is 22.4 Å². The molecule has 0 aliphatic carbocycles. The van der Waals surface area contributed by atoms with Gasteiger partial charge < -0.3 is 11.1 Å². The Bertz CT molecular complexity index is 636. The molecule has 118 valence electrons. The van der Waals surface area contributed by atoms with E-state index in [0.29, 0.717) is 0 Å². The number of nitrogens with one attached hydrogen (secondary N) is 1. The summed E-state index contributed by atoms with van der Waals surface area (Å²) in [5.74, 6) is -1.15. The summed E-state index contributed by atoms with van der Waals surface area (Å²) in [5.41, 5.74) is 5.47. The Kier molecular flexibility index (Phi) is 5.11. The predicted molar refractivity (Wildman–Crippen MR) is 80.2 cm³/mol. The topological polar surface area (TPSA) is 89.3 Å². The van der Waals surface area contributed by atoms with Gasteiger partial charge in [0, 0.05) is 18.7 Å². The lowest BCUT2D eigenvalue weighted by Gasteiger charge is -2.26. The SMILES string of the molecule is CC(C)(C)C(N)CC(=O)Nc1cc(S(C)(=O)=O)ccc1F. The average molecular weight is 316 g/mol. The van der Waals surface area contributed by atoms with Gasteiger partial charge in [-0.3, -0.25) is 4.79 Å². The third kappa shape index (κ3) is 5.09. The summed E-state index contributed by atoms with van der Waals surface area (Å²) in [7, 11) is -3.47. The molecule has 3 N–H and O–H groups in total. The van der Waals surface area contributed by atoms with Gasteiger partial charge in [-0.05, 0) is 23.6 Å². The molecule has 1 unspecified atom stereocenters. The molecule has 0 aromatic heterocycles. The minimum Gasteiger partial charge on any atom is -0.327 e. The molecule has 0 saturated heterocycles. The minimum atomic E-state index is -3.47. The highest BCUT2D eigenvalue weighted by atomic mass is 32.2. The average Bonchev–Trinajstić information content (AvgIpc) is 2.29. The summed E-state index contributed by atoms with van der Waals surface area (Å²) in [5, 5.41) is 2.37. The second-order valence-corrected chi connectivity index (χ2v) is 8.15. The second-order valence-electron chi connectivity index (χ2n) is 6.14. The summed E-state index contributed by atoms with van der Waals surface area (Å²) < 4.78 is 36.5. The number of halogens is 1. The zero-order valence-electron chi connectivity index (χ0n) is 12.6. The molecule has 5 nitrogen and oxygen atoms in total. The van der Waals surface area contributed by atoms with Gasteiger partial charge in [-0.15, -0.1) is 0 Å². The Balaban J connectivity index is 2.91. The first-order chi connectivity index (χ1) is 9.41. The highest BCUT2D eigenvalue weighted by molar-refractivity contribution is 7.90. The van der Waals surface area contributed by atoms with Crippen LogP contribution in [0.1, 0.15) is 27.2 Å². The van der Waals surface area contributed by atoms with Crippen LogP contribution in [0.3, 0.4) is 0 Å². The Hall–Kier alpha value is -1.47. The van der Waals surface area contributed by atoms with E-state index in [1.165, 1.54) is 0 Å². The summed E-state index contributed by atoms with van der Waals surface area (Å²) in [4.78, 5) is 11.8. The van der Waals surface area contributed by atoms with Crippen molar-refractivity contribution in [3.05, 3.63) is 24.0 Å². The van der Waals surface area contributed by atoms with Gasteiger partial charge in [0.2, 0.25) is 5.91 Å². The maximum atomic E-state index is 13.6. The van der Waals surface area contributed by atoms with Gasteiger partial charge in [0.25, 0.3) is 0 Å². The summed E-state index contributed by atoms with van der Waals surface area (Å²) in [6, 6.07) is 2.88. The standard InChI is InChI=1S/C14H21FN2O3S/c1-14(2,3)12(16)8-13(18)17-11-7-9(21(4,19)20)5-6-10(11)15/h5-7,12H,8,16H2,1-4H3,(H,17,18). The number of rotatable bonds is 4. The molecule has 1 aromatic rings. The number of carbonyl (C=O) groups excluding carboxylic acids is 1. The lowest BCUT2D eigenvalue weighted by Crippen LogP contribution is -2.38. The first-order valence-electron chi connectivity index (χ1n) is 6.46. The molecule has 7 heteroatoms. The van der Waals surface area contributed by atoms with Crippen LogP contribution in [0.4, 0.5) is 10.1 Å². The molecule has 0 heterocycles. The van der Waals surface area contributed by atoms with E-state index in [9.17, 15) is 17.6 Å². The van der Waals surface area contributed by atoms with Gasteiger partial charge in [-0.1, -0.05) is 20.8 Å². The number of benzene rings is 1. The van der Waals surface area contributed by atoms with E-state index in [2.05, 4.69) is 5.32 Å². The van der Waals surface area contributed by atoms with Crippen LogP contribution in [0, 0.1) is 11.2 Å². The fraction of sp³-hybridized carbons (Fsp3) is 0.500. The molecule has 0 aliphatic rings. The number of hydrogen-bond donors (Lipinski definition) is 2. The van der Waals surface area contributed by atoms with Crippen molar-refractivity contribution in [2.45, 2.75) is 38.1 Å². The number of nitrogens with two attached hydrogens (primary N) is 1. The highest BCUT2D eigenvalue weighted by Crippen LogP contribution is 2.22. The fourth-order valence-electron chi connectivity index (χ4n) is 1.54. The second kappa shape index (κ2) is 6.11. The zero-order valence-corrected chi connectivity index (χ0v) is 13.4. The van der Waals surface area contributed by atoms with E-state index >= 15 is 0 Å². The van der Waals surface area contributed by atoms with Crippen molar-refractivity contribution in [3.63, 3.8) is 0 Å². The molecule has 0 aliphatic heterocycles. The fourth-order valence-corrected chi connectivity index (χ4v) is 2.19. The highest BCUT2D eigenvalue weighted by Gasteiger charge is 2.23. The predicted octanol–water partition coefficient (Wildman–Crippen LogP) is 1.93. The molecule has 0 bridgehead atoms. The summed E-state index contributed by atoms with van der Waals surface area (Å²) in [6.07, 6.45) is 1.04. The largest absolute Gasteiger partial charge is 0.327 e. The van der Waals surface area contributed by atoms with Crippen LogP contribution in [-0.4, -0.2) is 26.6 Å². The third-order valence-electron chi connectivity index (χ3n) is 3.16. The lowest BCUT2D eigenvalue weighted by atomic mass is 9.85. The van der Waals surface area contributed by atoms with E-state index < -0.39 is 27.6 Å². The van der Waals surface area contributed by atoms with E-state index in [4.69, 9.17) is 5.73 Å². The number of anilines is 1. The van der Waals surface area contributed by atoms with Crippen molar-refractivity contribution in [3.8, 4) is 0 Å². The smallest absolute Gasteiger partial charge is 0.226 e. The molecule has 0 saturated carbocycles. The Labute approximate surface area is 124 Å². The number of carbonyl (C=O) groups is 1. The lowest BCUT2D eigenvalue weighted by molar-refractivity contribution is -0.117. The van der Waals surface area contributed by atoms with Crippen molar-refractivity contribution in [2.24, 2.45) is 11.1 Å². The van der Waals surface area contributed by atoms with Gasteiger partial charge in [0.1, 0.15) is 5.82 Å². The van der Waals surface area contributed by atoms with Crippen molar-refractivity contribution >= 4 is 21.4 Å². The quantitative estimate of drug-likeness (QED) is 0.831. The van der Waals surface area contributed by atoms with Crippen LogP contribution >= 0.6 is 0 Å². The Morgan fingerprint density at radius 2 is 1.95 bits per heavy atom. The molecule has 0 spiro atoms. The first-order valence-corrected chi connectivity index (χ1v) is 8.35. The summed E-state index contributed by atoms with van der Waals surface area (Å²) in [6.45, 7) is 5.70. The van der Waals surface area contributed by atoms with Gasteiger partial charge in [0.15, 0.2) is 9.84 Å². The van der Waals surface area contributed by atoms with Crippen LogP contribution in [0.25, 0.3) is 0 Å². The van der Waals surface area contributed by atoms with Gasteiger partial charge >= 0.3 is 0 Å². The molecule has 1 atom stereocenters. The van der Waals surface area contributed by atoms with Gasteiger partial charge in [0.05, 0.1) is 10.6 Å². The molecular formula is C14H21FN2O3S. The van der Waals surface area contributed by atoms with Crippen molar-refractivity contribution in [1.82, 2.24) is 0 Å². The molecule has 21 heavy (non-hydrogen) atoms. The third-order valence-corrected chi connectivity index (χ3v) is 4.27. The maximum absolute atomic E-state index is 13.6. The van der Waals surface area contributed by atoms with E-state index in [1.54, 1.807) is 0 Å².